The van der Waals surface area contributed by atoms with E-state index in [-0.39, 0.29) is 0 Å². The summed E-state index contributed by atoms with van der Waals surface area (Å²) in [5.74, 6) is 6.56. The van der Waals surface area contributed by atoms with Gasteiger partial charge >= 0.3 is 0 Å². The maximum atomic E-state index is 3.95. The van der Waals surface area contributed by atoms with Crippen LogP contribution in [0.15, 0.2) is 29.5 Å². The van der Waals surface area contributed by atoms with Gasteiger partial charge in [-0.25, -0.2) is 0 Å². The SMILES string of the molecule is CCC=CCC(CC)C12CC1C2CCCC1CC12B(C(C)C)CC2=C=CC(CC)CC(C)CCC. The molecule has 4 rings (SSSR count). The molecule has 4 aliphatic rings. The van der Waals surface area contributed by atoms with Crippen LogP contribution in [0.1, 0.15) is 126 Å². The predicted molar refractivity (Wildman–Crippen MR) is 156 cm³/mol. The lowest BCUT2D eigenvalue weighted by Crippen LogP contribution is -2.39. The van der Waals surface area contributed by atoms with Gasteiger partial charge in [0.05, 0.1) is 0 Å². The Hall–Kier alpha value is -0.675. The second-order valence-corrected chi connectivity index (χ2v) is 13.8. The number of hydrogen-bond donors (Lipinski definition) is 0. The fourth-order valence-corrected chi connectivity index (χ4v) is 9.04. The van der Waals surface area contributed by atoms with Gasteiger partial charge in [-0.3, -0.25) is 0 Å². The molecule has 4 fully saturated rings. The van der Waals surface area contributed by atoms with Gasteiger partial charge in [0.1, 0.15) is 0 Å². The van der Waals surface area contributed by atoms with E-state index < -0.39 is 0 Å². The number of allylic oxidation sites excluding steroid dienone is 3. The molecule has 3 saturated carbocycles. The fraction of sp³-hybridized carbons (Fsp3) is 0.853. The van der Waals surface area contributed by atoms with E-state index in [1.807, 2.05) is 0 Å². The lowest BCUT2D eigenvalue weighted by Gasteiger charge is -2.41. The third-order valence-electron chi connectivity index (χ3n) is 11.4. The Kier molecular flexibility index (Phi) is 8.89. The first-order valence-corrected chi connectivity index (χ1v) is 16.0. The molecule has 0 nitrogen and oxygen atoms in total. The van der Waals surface area contributed by atoms with Gasteiger partial charge in [-0.05, 0) is 109 Å². The first-order chi connectivity index (χ1) is 16.9. The Labute approximate surface area is 220 Å². The van der Waals surface area contributed by atoms with Crippen LogP contribution in [0.25, 0.3) is 0 Å². The Morgan fingerprint density at radius 2 is 1.83 bits per heavy atom. The van der Waals surface area contributed by atoms with Gasteiger partial charge in [0.25, 0.3) is 0 Å². The second kappa shape index (κ2) is 11.4. The maximum absolute atomic E-state index is 3.95. The molecule has 0 bridgehead atoms. The van der Waals surface area contributed by atoms with Crippen molar-refractivity contribution in [3.8, 4) is 0 Å². The Morgan fingerprint density at radius 3 is 2.46 bits per heavy atom. The van der Waals surface area contributed by atoms with Crippen molar-refractivity contribution in [3.05, 3.63) is 29.5 Å². The average molecular weight is 477 g/mol. The highest BCUT2D eigenvalue weighted by Gasteiger charge is 2.79. The molecular formula is C34H57B. The zero-order chi connectivity index (χ0) is 25.2. The molecule has 196 valence electrons. The van der Waals surface area contributed by atoms with Crippen LogP contribution in [0.4, 0.5) is 0 Å². The molecule has 35 heavy (non-hydrogen) atoms. The van der Waals surface area contributed by atoms with Crippen molar-refractivity contribution in [2.24, 2.45) is 40.9 Å². The van der Waals surface area contributed by atoms with Crippen LogP contribution in [0.5, 0.6) is 0 Å². The van der Waals surface area contributed by atoms with Gasteiger partial charge < -0.3 is 0 Å². The predicted octanol–water partition coefficient (Wildman–Crippen LogP) is 10.8. The minimum absolute atomic E-state index is 0.569. The zero-order valence-corrected chi connectivity index (χ0v) is 24.5. The summed E-state index contributed by atoms with van der Waals surface area (Å²) < 4.78 is 0. The lowest BCUT2D eigenvalue weighted by atomic mass is 9.19. The van der Waals surface area contributed by atoms with Crippen LogP contribution in [0, 0.1) is 40.9 Å². The quantitative estimate of drug-likeness (QED) is 0.118. The van der Waals surface area contributed by atoms with Crippen molar-refractivity contribution in [2.45, 2.75) is 143 Å². The lowest BCUT2D eigenvalue weighted by molar-refractivity contribution is 0.306. The van der Waals surface area contributed by atoms with Gasteiger partial charge in [-0.15, -0.1) is 5.73 Å². The van der Waals surface area contributed by atoms with E-state index >= 15 is 0 Å². The number of fused-ring (bicyclic) bond motifs is 1. The van der Waals surface area contributed by atoms with E-state index in [4.69, 9.17) is 0 Å². The largest absolute Gasteiger partial charge is 0.160 e. The van der Waals surface area contributed by atoms with Gasteiger partial charge in [0, 0.05) is 0 Å². The molecule has 8 unspecified atom stereocenters. The van der Waals surface area contributed by atoms with E-state index in [0.29, 0.717) is 5.31 Å². The van der Waals surface area contributed by atoms with E-state index in [0.717, 1.165) is 53.5 Å². The highest BCUT2D eigenvalue weighted by atomic mass is 14.8. The summed E-state index contributed by atoms with van der Waals surface area (Å²) in [6, 6.07) is 0. The molecular weight excluding hydrogens is 419 g/mol. The second-order valence-electron chi connectivity index (χ2n) is 13.8. The topological polar surface area (TPSA) is 0 Å². The van der Waals surface area contributed by atoms with Crippen LogP contribution >= 0.6 is 0 Å². The van der Waals surface area contributed by atoms with Crippen LogP contribution in [-0.2, 0) is 0 Å². The summed E-state index contributed by atoms with van der Waals surface area (Å²) in [4.78, 5) is 0. The molecule has 0 amide bonds. The van der Waals surface area contributed by atoms with E-state index in [9.17, 15) is 0 Å². The van der Waals surface area contributed by atoms with Crippen molar-refractivity contribution in [2.75, 3.05) is 0 Å². The Balaban J connectivity index is 1.29. The summed E-state index contributed by atoms with van der Waals surface area (Å²) in [7, 11) is 0. The maximum Gasteiger partial charge on any atom is 0.160 e. The minimum Gasteiger partial charge on any atom is -0.127 e. The smallest absolute Gasteiger partial charge is 0.127 e. The van der Waals surface area contributed by atoms with Crippen LogP contribution in [0.2, 0.25) is 17.5 Å². The van der Waals surface area contributed by atoms with E-state index in [1.165, 1.54) is 76.9 Å². The zero-order valence-electron chi connectivity index (χ0n) is 24.5. The van der Waals surface area contributed by atoms with Crippen LogP contribution in [0.3, 0.4) is 0 Å². The molecule has 1 heteroatoms. The Morgan fingerprint density at radius 1 is 1.03 bits per heavy atom. The third-order valence-corrected chi connectivity index (χ3v) is 11.4. The number of rotatable bonds is 16. The molecule has 3 aliphatic carbocycles. The van der Waals surface area contributed by atoms with E-state index in [1.54, 1.807) is 12.0 Å². The molecule has 0 aromatic carbocycles. The van der Waals surface area contributed by atoms with Gasteiger partial charge in [-0.2, -0.15) is 0 Å². The third kappa shape index (κ3) is 5.33. The molecule has 0 N–H and O–H groups in total. The molecule has 0 radical (unpaired) electrons. The standard InChI is InChI=1S/C34H57B/c1-8-12-13-16-28(11-4)33-23-32(33)31(33)18-14-17-29-22-34(29)30(24-35(34)25(5)6)20-19-27(10-3)21-26(7)15-9-2/h12-13,19,25-29,31-32H,8-11,14-18,21-24H2,1-7H3. The molecule has 8 atom stereocenters. The van der Waals surface area contributed by atoms with E-state index in [2.05, 4.69) is 72.4 Å². The first kappa shape index (κ1) is 27.4. The molecule has 0 aromatic heterocycles. The van der Waals surface area contributed by atoms with Crippen LogP contribution in [-0.4, -0.2) is 6.71 Å². The van der Waals surface area contributed by atoms with Gasteiger partial charge in [0.15, 0.2) is 6.71 Å². The highest BCUT2D eigenvalue weighted by Crippen LogP contribution is 2.85. The van der Waals surface area contributed by atoms with Crippen molar-refractivity contribution in [1.29, 1.82) is 0 Å². The normalized spacial score (nSPS) is 35.0. The van der Waals surface area contributed by atoms with Crippen molar-refractivity contribution >= 4 is 6.71 Å². The highest BCUT2D eigenvalue weighted by molar-refractivity contribution is 6.71. The monoisotopic (exact) mass is 476 g/mol. The Bertz CT molecular complexity index is 799. The van der Waals surface area contributed by atoms with Crippen molar-refractivity contribution < 1.29 is 0 Å². The molecule has 1 aliphatic heterocycles. The first-order valence-electron chi connectivity index (χ1n) is 16.0. The summed E-state index contributed by atoms with van der Waals surface area (Å²) in [5.41, 5.74) is 6.47. The van der Waals surface area contributed by atoms with Crippen LogP contribution < -0.4 is 0 Å². The molecule has 1 spiro atoms. The molecule has 0 aromatic rings. The summed E-state index contributed by atoms with van der Waals surface area (Å²) >= 11 is 0. The van der Waals surface area contributed by atoms with Gasteiger partial charge in [0.2, 0.25) is 0 Å². The fourth-order valence-electron chi connectivity index (χ4n) is 9.04. The molecule has 1 saturated heterocycles. The summed E-state index contributed by atoms with van der Waals surface area (Å²) in [5, 5.41) is 0.569. The molecule has 1 heterocycles. The summed E-state index contributed by atoms with van der Waals surface area (Å²) in [6.07, 6.45) is 25.5. The average Bonchev–Trinajstić information content (AvgIpc) is 3.73. The van der Waals surface area contributed by atoms with Crippen molar-refractivity contribution in [3.63, 3.8) is 0 Å². The number of hydrogen-bond acceptors (Lipinski definition) is 0. The van der Waals surface area contributed by atoms with Gasteiger partial charge in [-0.1, -0.05) is 98.5 Å². The summed E-state index contributed by atoms with van der Waals surface area (Å²) in [6.45, 7) is 17.7. The minimum atomic E-state index is 0.569. The van der Waals surface area contributed by atoms with Crippen molar-refractivity contribution in [1.82, 2.24) is 0 Å².